The maximum absolute atomic E-state index is 14.1. The summed E-state index contributed by atoms with van der Waals surface area (Å²) in [5, 5.41) is 35.4. The third-order valence-electron chi connectivity index (χ3n) is 26.9. The second-order valence-corrected chi connectivity index (χ2v) is 37.3. The van der Waals surface area contributed by atoms with Gasteiger partial charge in [0.25, 0.3) is 0 Å². The number of ketones is 1. The standard InChI is InChI=1S/C31H24O.C26H20O.C25H20O.C19H15Br.C19H15Cl.C19H14O/c32-31(28-14-8-3-9-15-28,29-20-16-26(17-21-29)24-10-4-1-5-11-24)30-22-18-27(19-23-30)25-12-6-2-7-13-25;27-25(21-13-5-1-6-14-21)26(22-15-7-2-8-16-22,23-17-9-3-10-18-23)24-19-11-4-12-20-24;26-25(22-12-6-2-7-13-22,23-14-8-3-9-15-23)24-18-16-21(17-19-24)20-10-4-1-5-11-20;2*20-19(16-10-4-1-5-11-16,17-12-6-2-7-13-17)18-14-8-3-9-15-18;20-19(14-8-2-1-3-9-14)17-12-6-4-10-15(17)16-11-5-7-13-18(16)19/h1-23,32H;1-20H;1-19,26H;2*1-15H;1-13,20H. The zero-order valence-electron chi connectivity index (χ0n) is 80.1. The first kappa shape index (κ1) is 98.3. The summed E-state index contributed by atoms with van der Waals surface area (Å²) in [6.07, 6.45) is 0. The summed E-state index contributed by atoms with van der Waals surface area (Å²) in [5.74, 6) is 0.0756. The molecule has 1 aliphatic rings. The fraction of sp³-hybridized carbons (Fsp3) is 0.0432. The molecule has 0 amide bonds. The third kappa shape index (κ3) is 21.4. The lowest BCUT2D eigenvalue weighted by Gasteiger charge is -2.34. The Balaban J connectivity index is 0.000000115. The van der Waals surface area contributed by atoms with E-state index < -0.39 is 27.1 Å². The number of alkyl halides is 2. The molecule has 0 saturated carbocycles. The van der Waals surface area contributed by atoms with Crippen molar-refractivity contribution in [3.8, 4) is 44.5 Å². The van der Waals surface area contributed by atoms with Gasteiger partial charge in [0.05, 0.1) is 0 Å². The predicted octanol–water partition coefficient (Wildman–Crippen LogP) is 33.4. The fourth-order valence-corrected chi connectivity index (χ4v) is 20.8. The van der Waals surface area contributed by atoms with E-state index in [4.69, 9.17) is 11.6 Å². The molecular weight excluding hydrogens is 1850 g/mol. The van der Waals surface area contributed by atoms with Gasteiger partial charge in [-0.25, -0.2) is 0 Å². The Hall–Kier alpha value is -16.8. The maximum atomic E-state index is 14.1. The van der Waals surface area contributed by atoms with Gasteiger partial charge in [-0.3, -0.25) is 4.79 Å². The minimum atomic E-state index is -1.24. The zero-order chi connectivity index (χ0) is 99.4. The number of rotatable bonds is 21. The van der Waals surface area contributed by atoms with Gasteiger partial charge in [-0.2, -0.15) is 0 Å². The molecule has 22 aromatic rings. The van der Waals surface area contributed by atoms with Crippen molar-refractivity contribution in [1.82, 2.24) is 0 Å². The van der Waals surface area contributed by atoms with Gasteiger partial charge in [0, 0.05) is 16.7 Å². The number of Topliss-reactive ketones (excluding diaryl/α,β-unsaturated/α-hetero) is 1. The van der Waals surface area contributed by atoms with Crippen molar-refractivity contribution in [1.29, 1.82) is 0 Å². The molecule has 1 aliphatic carbocycles. The highest BCUT2D eigenvalue weighted by Gasteiger charge is 2.46. The van der Waals surface area contributed by atoms with Crippen LogP contribution in [0.4, 0.5) is 0 Å². The van der Waals surface area contributed by atoms with Crippen LogP contribution in [0.3, 0.4) is 0 Å². The molecule has 23 rings (SSSR count). The summed E-state index contributed by atoms with van der Waals surface area (Å²) in [5.41, 5.74) is 23.3. The summed E-state index contributed by atoms with van der Waals surface area (Å²) < 4.78 is -0.309. The van der Waals surface area contributed by atoms with E-state index in [-0.39, 0.29) is 10.1 Å². The average Bonchev–Trinajstić information content (AvgIpc) is 1.61. The fourth-order valence-electron chi connectivity index (χ4n) is 19.6. The van der Waals surface area contributed by atoms with E-state index in [2.05, 4.69) is 210 Å². The SMILES string of the molecule is BrC(c1ccccc1)(c1ccccc1)c1ccccc1.ClC(c1ccccc1)(c1ccccc1)c1ccccc1.O=C(c1ccccc1)C(c1ccccc1)(c1ccccc1)c1ccccc1.OC(c1ccccc1)(c1ccc(-c2ccccc2)cc1)c1ccc(-c2ccccc2)cc1.OC(c1ccccc1)(c1ccccc1)c1ccc(-c2ccccc2)cc1.OC1(c2ccccc2)c2ccccc2-c2ccccc21. The van der Waals surface area contributed by atoms with Gasteiger partial charge >= 0.3 is 0 Å². The topological polar surface area (TPSA) is 77.8 Å². The van der Waals surface area contributed by atoms with E-state index in [1.165, 1.54) is 22.3 Å². The molecule has 0 spiro atoms. The molecular formula is C139H108BrClO4. The normalized spacial score (nSPS) is 11.7. The molecule has 6 heteroatoms. The van der Waals surface area contributed by atoms with Crippen LogP contribution >= 0.6 is 27.5 Å². The van der Waals surface area contributed by atoms with E-state index in [1.54, 1.807) is 0 Å². The van der Waals surface area contributed by atoms with Gasteiger partial charge in [0.15, 0.2) is 5.78 Å². The zero-order valence-corrected chi connectivity index (χ0v) is 82.5. The summed E-state index contributed by atoms with van der Waals surface area (Å²) in [6, 6.07) is 213. The van der Waals surface area contributed by atoms with Crippen LogP contribution in [-0.4, -0.2) is 21.1 Å². The van der Waals surface area contributed by atoms with Crippen molar-refractivity contribution >= 4 is 33.3 Å². The van der Waals surface area contributed by atoms with E-state index in [1.807, 2.05) is 443 Å². The number of aliphatic hydroxyl groups is 3. The minimum absolute atomic E-state index is 0.0756. The van der Waals surface area contributed by atoms with Crippen LogP contribution in [-0.2, 0) is 31.4 Å². The van der Waals surface area contributed by atoms with Gasteiger partial charge in [-0.1, -0.05) is 653 Å². The third-order valence-corrected chi connectivity index (χ3v) is 29.0. The second kappa shape index (κ2) is 46.7. The van der Waals surface area contributed by atoms with E-state index >= 15 is 0 Å². The van der Waals surface area contributed by atoms with Crippen molar-refractivity contribution in [2.75, 3.05) is 0 Å². The predicted molar refractivity (Wildman–Crippen MR) is 603 cm³/mol. The molecule has 0 saturated heterocycles. The number of fused-ring (bicyclic) bond motifs is 3. The highest BCUT2D eigenvalue weighted by Crippen LogP contribution is 2.52. The Morgan fingerprint density at radius 1 is 0.193 bits per heavy atom. The molecule has 0 atom stereocenters. The van der Waals surface area contributed by atoms with Gasteiger partial charge in [0.2, 0.25) is 0 Å². The lowest BCUT2D eigenvalue weighted by molar-refractivity contribution is 0.0934. The van der Waals surface area contributed by atoms with Crippen LogP contribution in [0, 0.1) is 0 Å². The highest BCUT2D eigenvalue weighted by atomic mass is 79.9. The molecule has 0 unspecified atom stereocenters. The van der Waals surface area contributed by atoms with Crippen molar-refractivity contribution < 1.29 is 20.1 Å². The number of hydrogen-bond donors (Lipinski definition) is 3. The smallest absolute Gasteiger partial charge is 0.182 e. The molecule has 0 bridgehead atoms. The van der Waals surface area contributed by atoms with Crippen molar-refractivity contribution in [2.24, 2.45) is 0 Å². The van der Waals surface area contributed by atoms with Crippen LogP contribution in [0.5, 0.6) is 0 Å². The van der Waals surface area contributed by atoms with Crippen LogP contribution in [0.15, 0.2) is 637 Å². The van der Waals surface area contributed by atoms with E-state index in [9.17, 15) is 20.1 Å². The molecule has 0 heterocycles. The minimum Gasteiger partial charge on any atom is -0.376 e. The summed E-state index contributed by atoms with van der Waals surface area (Å²) in [7, 11) is 0. The quantitative estimate of drug-likeness (QED) is 0.0381. The van der Waals surface area contributed by atoms with Crippen molar-refractivity contribution in [3.63, 3.8) is 0 Å². The van der Waals surface area contributed by atoms with Crippen LogP contribution in [0.25, 0.3) is 44.5 Å². The number of carbonyl (C=O) groups excluding carboxylic acids is 1. The largest absolute Gasteiger partial charge is 0.376 e. The molecule has 4 nitrogen and oxygen atoms in total. The van der Waals surface area contributed by atoms with Gasteiger partial charge in [0.1, 0.15) is 31.4 Å². The van der Waals surface area contributed by atoms with Crippen LogP contribution in [0.2, 0.25) is 0 Å². The number of hydrogen-bond acceptors (Lipinski definition) is 4. The van der Waals surface area contributed by atoms with Crippen LogP contribution in [0.1, 0.15) is 111 Å². The molecule has 145 heavy (non-hydrogen) atoms. The molecule has 0 aliphatic heterocycles. The Kier molecular flexibility index (Phi) is 31.7. The summed E-state index contributed by atoms with van der Waals surface area (Å²) >= 11 is 11.1. The van der Waals surface area contributed by atoms with Crippen LogP contribution < -0.4 is 0 Å². The van der Waals surface area contributed by atoms with Gasteiger partial charge < -0.3 is 15.3 Å². The first-order valence-corrected chi connectivity index (χ1v) is 50.0. The molecule has 0 radical (unpaired) electrons. The lowest BCUT2D eigenvalue weighted by Crippen LogP contribution is -2.38. The number of benzene rings is 22. The molecule has 0 fully saturated rings. The molecule has 702 valence electrons. The van der Waals surface area contributed by atoms with Gasteiger partial charge in [-0.05, 0) is 134 Å². The van der Waals surface area contributed by atoms with E-state index in [0.717, 1.165) is 122 Å². The number of carbonyl (C=O) groups is 1. The molecule has 22 aromatic carbocycles. The maximum Gasteiger partial charge on any atom is 0.182 e. The second-order valence-electron chi connectivity index (χ2n) is 35.6. The first-order chi connectivity index (χ1) is 71.3. The van der Waals surface area contributed by atoms with Crippen molar-refractivity contribution in [2.45, 2.75) is 31.4 Å². The summed E-state index contributed by atoms with van der Waals surface area (Å²) in [4.78, 5) is 13.4. The van der Waals surface area contributed by atoms with Crippen molar-refractivity contribution in [3.05, 3.63) is 743 Å². The Morgan fingerprint density at radius 2 is 0.366 bits per heavy atom. The Morgan fingerprint density at radius 3 is 0.607 bits per heavy atom. The Labute approximate surface area is 865 Å². The monoisotopic (exact) mass is 1950 g/mol. The highest BCUT2D eigenvalue weighted by molar-refractivity contribution is 9.10. The lowest BCUT2D eigenvalue weighted by atomic mass is 9.65. The molecule has 0 aromatic heterocycles. The Bertz CT molecular complexity index is 7080. The average molecular weight is 1960 g/mol. The van der Waals surface area contributed by atoms with E-state index in [0.29, 0.717) is 5.56 Å². The van der Waals surface area contributed by atoms with Gasteiger partial charge in [-0.15, -0.1) is 11.6 Å². The molecule has 3 N–H and O–H groups in total. The number of halogens is 2. The first-order valence-electron chi connectivity index (χ1n) is 48.9. The summed E-state index contributed by atoms with van der Waals surface area (Å²) in [6.45, 7) is 0.